The summed E-state index contributed by atoms with van der Waals surface area (Å²) in [6, 6.07) is 9.21. The minimum absolute atomic E-state index is 0.182. The van der Waals surface area contributed by atoms with Crippen molar-refractivity contribution in [3.63, 3.8) is 0 Å². The van der Waals surface area contributed by atoms with Crippen molar-refractivity contribution in [2.75, 3.05) is 27.2 Å². The monoisotopic (exact) mass is 356 g/mol. The molecule has 1 saturated carbocycles. The van der Waals surface area contributed by atoms with Crippen LogP contribution in [0.1, 0.15) is 40.3 Å². The number of amides is 1. The first-order valence-electron chi connectivity index (χ1n) is 9.18. The molecule has 6 nitrogen and oxygen atoms in total. The van der Waals surface area contributed by atoms with Crippen molar-refractivity contribution in [3.05, 3.63) is 53.2 Å². The zero-order chi connectivity index (χ0) is 18.5. The predicted molar refractivity (Wildman–Crippen MR) is 101 cm³/mol. The molecule has 6 heteroatoms. The van der Waals surface area contributed by atoms with Gasteiger partial charge in [-0.25, -0.2) is 4.98 Å². The van der Waals surface area contributed by atoms with Crippen LogP contribution >= 0.6 is 0 Å². The molecule has 1 heterocycles. The Morgan fingerprint density at radius 3 is 2.62 bits per heavy atom. The lowest BCUT2D eigenvalue weighted by Gasteiger charge is -2.20. The molecule has 1 aromatic heterocycles. The quantitative estimate of drug-likeness (QED) is 0.748. The second kappa shape index (κ2) is 8.47. The number of hydrogen-bond acceptors (Lipinski definition) is 5. The van der Waals surface area contributed by atoms with Crippen molar-refractivity contribution >= 4 is 5.91 Å². The second-order valence-electron chi connectivity index (χ2n) is 7.31. The van der Waals surface area contributed by atoms with Crippen LogP contribution in [-0.4, -0.2) is 53.9 Å². The Labute approximate surface area is 155 Å². The summed E-state index contributed by atoms with van der Waals surface area (Å²) < 4.78 is 5.55. The van der Waals surface area contributed by atoms with E-state index in [1.807, 2.05) is 19.0 Å². The molecule has 1 fully saturated rings. The third-order valence-electron chi connectivity index (χ3n) is 4.54. The molecule has 0 bridgehead atoms. The summed E-state index contributed by atoms with van der Waals surface area (Å²) in [5, 5.41) is 2.86. The van der Waals surface area contributed by atoms with E-state index in [0.717, 1.165) is 13.1 Å². The van der Waals surface area contributed by atoms with Crippen LogP contribution in [0, 0.1) is 6.92 Å². The van der Waals surface area contributed by atoms with Crippen LogP contribution in [0.5, 0.6) is 0 Å². The predicted octanol–water partition coefficient (Wildman–Crippen LogP) is 2.44. The van der Waals surface area contributed by atoms with Crippen molar-refractivity contribution in [1.82, 2.24) is 20.1 Å². The summed E-state index contributed by atoms with van der Waals surface area (Å²) in [6.45, 7) is 4.99. The van der Waals surface area contributed by atoms with E-state index in [0.29, 0.717) is 30.7 Å². The number of carbonyl (C=O) groups is 1. The van der Waals surface area contributed by atoms with E-state index >= 15 is 0 Å². The Morgan fingerprint density at radius 1 is 1.23 bits per heavy atom. The third-order valence-corrected chi connectivity index (χ3v) is 4.54. The van der Waals surface area contributed by atoms with E-state index in [-0.39, 0.29) is 5.91 Å². The Kier molecular flexibility index (Phi) is 6.06. The van der Waals surface area contributed by atoms with Gasteiger partial charge in [-0.05, 0) is 39.4 Å². The number of oxazole rings is 1. The van der Waals surface area contributed by atoms with Gasteiger partial charge in [0.2, 0.25) is 5.89 Å². The first-order chi connectivity index (χ1) is 12.5. The topological polar surface area (TPSA) is 61.6 Å². The van der Waals surface area contributed by atoms with Gasteiger partial charge in [-0.3, -0.25) is 9.69 Å². The zero-order valence-corrected chi connectivity index (χ0v) is 15.9. The highest BCUT2D eigenvalue weighted by Gasteiger charge is 2.30. The van der Waals surface area contributed by atoms with E-state index in [4.69, 9.17) is 4.42 Å². The highest BCUT2D eigenvalue weighted by atomic mass is 16.3. The van der Waals surface area contributed by atoms with Crippen molar-refractivity contribution < 1.29 is 9.21 Å². The van der Waals surface area contributed by atoms with Crippen LogP contribution in [0.3, 0.4) is 0 Å². The van der Waals surface area contributed by atoms with Gasteiger partial charge in [0.1, 0.15) is 6.26 Å². The van der Waals surface area contributed by atoms with Gasteiger partial charge in [-0.15, -0.1) is 0 Å². The molecular weight excluding hydrogens is 328 g/mol. The van der Waals surface area contributed by atoms with Crippen molar-refractivity contribution in [1.29, 1.82) is 0 Å². The summed E-state index contributed by atoms with van der Waals surface area (Å²) in [4.78, 5) is 20.9. The molecule has 0 saturated heterocycles. The third kappa shape index (κ3) is 5.41. The highest BCUT2D eigenvalue weighted by Crippen LogP contribution is 2.29. The molecule has 140 valence electrons. The first-order valence-corrected chi connectivity index (χ1v) is 9.18. The maximum absolute atomic E-state index is 12.1. The number of aromatic nitrogens is 1. The summed E-state index contributed by atoms with van der Waals surface area (Å²) >= 11 is 0. The van der Waals surface area contributed by atoms with Gasteiger partial charge in [0.25, 0.3) is 5.91 Å². The molecule has 1 aliphatic rings. The molecular formula is C20H28N4O2. The normalized spacial score (nSPS) is 14.2. The zero-order valence-electron chi connectivity index (χ0n) is 15.9. The Bertz CT molecular complexity index is 720. The average Bonchev–Trinajstić information content (AvgIpc) is 3.35. The van der Waals surface area contributed by atoms with Crippen LogP contribution < -0.4 is 5.32 Å². The molecule has 2 aromatic rings. The number of aryl methyl sites for hydroxylation is 1. The molecule has 0 aliphatic heterocycles. The van der Waals surface area contributed by atoms with Crippen LogP contribution in [0.15, 0.2) is 34.9 Å². The molecule has 1 aliphatic carbocycles. The summed E-state index contributed by atoms with van der Waals surface area (Å²) in [6.07, 6.45) is 3.88. The smallest absolute Gasteiger partial charge is 0.273 e. The molecule has 1 N–H and O–H groups in total. The lowest BCUT2D eigenvalue weighted by molar-refractivity contribution is 0.0946. The lowest BCUT2D eigenvalue weighted by atomic mass is 10.1. The molecule has 1 aromatic carbocycles. The van der Waals surface area contributed by atoms with Gasteiger partial charge in [-0.2, -0.15) is 0 Å². The molecule has 0 spiro atoms. The standard InChI is InChI=1S/C20H28N4O2/c1-15-4-6-16(7-5-15)12-24(17-8-9-17)13-19-22-18(14-26-19)20(25)21-10-11-23(2)3/h4-7,14,17H,8-13H2,1-3H3,(H,21,25). The van der Waals surface area contributed by atoms with Crippen molar-refractivity contribution in [2.24, 2.45) is 0 Å². The fourth-order valence-corrected chi connectivity index (χ4v) is 2.83. The van der Waals surface area contributed by atoms with Crippen molar-refractivity contribution in [2.45, 2.75) is 38.9 Å². The number of likely N-dealkylation sites (N-methyl/N-ethyl adjacent to an activating group) is 1. The number of nitrogens with zero attached hydrogens (tertiary/aromatic N) is 3. The van der Waals surface area contributed by atoms with Gasteiger partial charge in [0.15, 0.2) is 5.69 Å². The van der Waals surface area contributed by atoms with Gasteiger partial charge >= 0.3 is 0 Å². The number of rotatable bonds is 9. The largest absolute Gasteiger partial charge is 0.447 e. The van der Waals surface area contributed by atoms with Crippen molar-refractivity contribution in [3.8, 4) is 0 Å². The van der Waals surface area contributed by atoms with Crippen LogP contribution in [0.4, 0.5) is 0 Å². The highest BCUT2D eigenvalue weighted by molar-refractivity contribution is 5.91. The summed E-state index contributed by atoms with van der Waals surface area (Å²) in [5.41, 5.74) is 2.91. The van der Waals surface area contributed by atoms with E-state index in [1.165, 1.54) is 30.2 Å². The summed E-state index contributed by atoms with van der Waals surface area (Å²) in [5.74, 6) is 0.417. The molecule has 0 unspecified atom stereocenters. The second-order valence-corrected chi connectivity index (χ2v) is 7.31. The molecule has 0 radical (unpaired) electrons. The van der Waals surface area contributed by atoms with Gasteiger partial charge in [0, 0.05) is 25.7 Å². The maximum Gasteiger partial charge on any atom is 0.273 e. The van der Waals surface area contributed by atoms with E-state index in [1.54, 1.807) is 0 Å². The molecule has 1 amide bonds. The van der Waals surface area contributed by atoms with E-state index in [2.05, 4.69) is 46.4 Å². The maximum atomic E-state index is 12.1. The fraction of sp³-hybridized carbons (Fsp3) is 0.500. The van der Waals surface area contributed by atoms with Crippen LogP contribution in [-0.2, 0) is 13.1 Å². The van der Waals surface area contributed by atoms with Gasteiger partial charge < -0.3 is 14.6 Å². The number of nitrogens with one attached hydrogen (secondary N) is 1. The molecule has 3 rings (SSSR count). The van der Waals surface area contributed by atoms with E-state index in [9.17, 15) is 4.79 Å². The van der Waals surface area contributed by atoms with Crippen LogP contribution in [0.25, 0.3) is 0 Å². The fourth-order valence-electron chi connectivity index (χ4n) is 2.83. The first kappa shape index (κ1) is 18.6. The van der Waals surface area contributed by atoms with Crippen LogP contribution in [0.2, 0.25) is 0 Å². The Morgan fingerprint density at radius 2 is 1.96 bits per heavy atom. The van der Waals surface area contributed by atoms with E-state index < -0.39 is 0 Å². The number of benzene rings is 1. The number of carbonyl (C=O) groups excluding carboxylic acids is 1. The minimum Gasteiger partial charge on any atom is -0.447 e. The minimum atomic E-state index is -0.182. The molecule has 26 heavy (non-hydrogen) atoms. The van der Waals surface area contributed by atoms with Gasteiger partial charge in [0.05, 0.1) is 6.54 Å². The van der Waals surface area contributed by atoms with Gasteiger partial charge in [-0.1, -0.05) is 29.8 Å². The summed E-state index contributed by atoms with van der Waals surface area (Å²) in [7, 11) is 3.95. The SMILES string of the molecule is Cc1ccc(CN(Cc2nc(C(=O)NCCN(C)C)co2)C2CC2)cc1. The Balaban J connectivity index is 1.57. The molecule has 0 atom stereocenters. The lowest BCUT2D eigenvalue weighted by Crippen LogP contribution is -2.31. The average molecular weight is 356 g/mol. The number of hydrogen-bond donors (Lipinski definition) is 1. The Hall–Kier alpha value is -2.18.